The Labute approximate surface area is 94.4 Å². The van der Waals surface area contributed by atoms with Gasteiger partial charge in [-0.15, -0.1) is 0 Å². The van der Waals surface area contributed by atoms with E-state index in [4.69, 9.17) is 10.2 Å². The molecule has 0 aromatic carbocycles. The third-order valence-electron chi connectivity index (χ3n) is 2.81. The van der Waals surface area contributed by atoms with Crippen LogP contribution in [0, 0.1) is 0 Å². The highest BCUT2D eigenvalue weighted by atomic mass is 16.4. The van der Waals surface area contributed by atoms with Gasteiger partial charge in [0.05, 0.1) is 6.61 Å². The molecule has 92 valence electrons. The lowest BCUT2D eigenvalue weighted by molar-refractivity contribution is -0.141. The van der Waals surface area contributed by atoms with E-state index in [2.05, 4.69) is 0 Å². The molecule has 6 nitrogen and oxygen atoms in total. The summed E-state index contributed by atoms with van der Waals surface area (Å²) in [6.45, 7) is 2.91. The van der Waals surface area contributed by atoms with Crippen LogP contribution in [-0.2, 0) is 4.79 Å². The van der Waals surface area contributed by atoms with Crippen molar-refractivity contribution in [1.82, 2.24) is 9.80 Å². The zero-order valence-electron chi connectivity index (χ0n) is 9.43. The summed E-state index contributed by atoms with van der Waals surface area (Å²) in [5.41, 5.74) is 0. The van der Waals surface area contributed by atoms with Gasteiger partial charge in [-0.05, 0) is 19.8 Å². The number of aliphatic hydroxyl groups is 1. The van der Waals surface area contributed by atoms with Gasteiger partial charge in [0.15, 0.2) is 0 Å². The topological polar surface area (TPSA) is 81.1 Å². The molecule has 2 N–H and O–H groups in total. The predicted octanol–water partition coefficient (Wildman–Crippen LogP) is -0.0304. The first-order chi connectivity index (χ1) is 7.61. The molecule has 0 saturated carbocycles. The third kappa shape index (κ3) is 2.63. The largest absolute Gasteiger partial charge is 0.480 e. The summed E-state index contributed by atoms with van der Waals surface area (Å²) in [5, 5.41) is 17.8. The Bertz CT molecular complexity index is 270. The molecule has 1 rings (SSSR count). The zero-order valence-corrected chi connectivity index (χ0v) is 9.43. The molecule has 1 atom stereocenters. The van der Waals surface area contributed by atoms with Gasteiger partial charge in [-0.3, -0.25) is 0 Å². The molecule has 0 spiro atoms. The number of hydrogen-bond donors (Lipinski definition) is 2. The van der Waals surface area contributed by atoms with Crippen molar-refractivity contribution < 1.29 is 19.8 Å². The van der Waals surface area contributed by atoms with Crippen molar-refractivity contribution in [1.29, 1.82) is 0 Å². The van der Waals surface area contributed by atoms with Crippen LogP contribution in [0.4, 0.5) is 4.79 Å². The lowest BCUT2D eigenvalue weighted by Crippen LogP contribution is -2.48. The first-order valence-corrected chi connectivity index (χ1v) is 5.51. The Morgan fingerprint density at radius 1 is 1.50 bits per heavy atom. The van der Waals surface area contributed by atoms with Crippen molar-refractivity contribution in [2.45, 2.75) is 25.8 Å². The van der Waals surface area contributed by atoms with Crippen LogP contribution in [0.25, 0.3) is 0 Å². The number of aliphatic carboxylic acids is 1. The minimum Gasteiger partial charge on any atom is -0.480 e. The van der Waals surface area contributed by atoms with E-state index >= 15 is 0 Å². The van der Waals surface area contributed by atoms with Crippen LogP contribution in [-0.4, -0.2) is 64.3 Å². The van der Waals surface area contributed by atoms with Gasteiger partial charge in [-0.25, -0.2) is 9.59 Å². The number of rotatable bonds is 4. The van der Waals surface area contributed by atoms with Gasteiger partial charge in [-0.1, -0.05) is 0 Å². The molecule has 2 amide bonds. The molecule has 16 heavy (non-hydrogen) atoms. The van der Waals surface area contributed by atoms with Crippen LogP contribution in [0.1, 0.15) is 19.8 Å². The molecule has 0 aliphatic carbocycles. The number of carbonyl (C=O) groups is 2. The standard InChI is InChI=1S/C10H18N2O4/c1-2-11(6-7-13)10(16)12-5-3-4-8(12)9(14)15/h8,13H,2-7H2,1H3,(H,14,15)/t8-/m0/s1. The normalized spacial score (nSPS) is 19.9. The summed E-state index contributed by atoms with van der Waals surface area (Å²) in [5.74, 6) is -0.953. The van der Waals surface area contributed by atoms with E-state index in [0.29, 0.717) is 19.5 Å². The molecular weight excluding hydrogens is 212 g/mol. The molecule has 0 bridgehead atoms. The van der Waals surface area contributed by atoms with Gasteiger partial charge in [-0.2, -0.15) is 0 Å². The molecule has 0 radical (unpaired) electrons. The molecule has 1 fully saturated rings. The molecule has 1 saturated heterocycles. The SMILES string of the molecule is CCN(CCO)C(=O)N1CCC[C@H]1C(=O)O. The van der Waals surface area contributed by atoms with Gasteiger partial charge < -0.3 is 20.0 Å². The smallest absolute Gasteiger partial charge is 0.326 e. The average molecular weight is 230 g/mol. The van der Waals surface area contributed by atoms with E-state index in [-0.39, 0.29) is 19.2 Å². The number of carboxylic acids is 1. The highest BCUT2D eigenvalue weighted by molar-refractivity contribution is 5.83. The van der Waals surface area contributed by atoms with E-state index in [1.807, 2.05) is 0 Å². The Morgan fingerprint density at radius 3 is 2.69 bits per heavy atom. The number of nitrogens with zero attached hydrogens (tertiary/aromatic N) is 2. The summed E-state index contributed by atoms with van der Waals surface area (Å²) in [4.78, 5) is 25.7. The Morgan fingerprint density at radius 2 is 2.19 bits per heavy atom. The van der Waals surface area contributed by atoms with Crippen LogP contribution in [0.15, 0.2) is 0 Å². The number of likely N-dealkylation sites (tertiary alicyclic amines) is 1. The second-order valence-corrected chi connectivity index (χ2v) is 3.78. The molecule has 0 unspecified atom stereocenters. The fourth-order valence-corrected chi connectivity index (χ4v) is 1.94. The van der Waals surface area contributed by atoms with Crippen molar-refractivity contribution in [3.8, 4) is 0 Å². The Hall–Kier alpha value is -1.30. The van der Waals surface area contributed by atoms with Crippen LogP contribution >= 0.6 is 0 Å². The first kappa shape index (κ1) is 12.8. The van der Waals surface area contributed by atoms with E-state index in [9.17, 15) is 9.59 Å². The van der Waals surface area contributed by atoms with Crippen molar-refractivity contribution in [3.63, 3.8) is 0 Å². The molecule has 1 aliphatic heterocycles. The van der Waals surface area contributed by atoms with Gasteiger partial charge in [0.25, 0.3) is 0 Å². The van der Waals surface area contributed by atoms with Crippen molar-refractivity contribution in [3.05, 3.63) is 0 Å². The van der Waals surface area contributed by atoms with E-state index in [0.717, 1.165) is 6.42 Å². The quantitative estimate of drug-likeness (QED) is 0.710. The molecule has 1 aliphatic rings. The molecule has 6 heteroatoms. The summed E-state index contributed by atoms with van der Waals surface area (Å²) in [6.07, 6.45) is 1.23. The van der Waals surface area contributed by atoms with Crippen LogP contribution in [0.5, 0.6) is 0 Å². The number of urea groups is 1. The van der Waals surface area contributed by atoms with Gasteiger partial charge in [0.1, 0.15) is 6.04 Å². The van der Waals surface area contributed by atoms with E-state index in [1.165, 1.54) is 9.80 Å². The van der Waals surface area contributed by atoms with Crippen molar-refractivity contribution in [2.24, 2.45) is 0 Å². The number of amides is 2. The summed E-state index contributed by atoms with van der Waals surface area (Å²) >= 11 is 0. The number of carbonyl (C=O) groups excluding carboxylic acids is 1. The molecule has 0 aromatic rings. The van der Waals surface area contributed by atoms with E-state index in [1.54, 1.807) is 6.92 Å². The van der Waals surface area contributed by atoms with Crippen LogP contribution < -0.4 is 0 Å². The van der Waals surface area contributed by atoms with Gasteiger partial charge >= 0.3 is 12.0 Å². The number of carboxylic acid groups (broad SMARTS) is 1. The summed E-state index contributed by atoms with van der Waals surface area (Å²) in [6, 6.07) is -0.998. The minimum absolute atomic E-state index is 0.106. The Balaban J connectivity index is 2.67. The van der Waals surface area contributed by atoms with Gasteiger partial charge in [0.2, 0.25) is 0 Å². The monoisotopic (exact) mass is 230 g/mol. The van der Waals surface area contributed by atoms with Crippen LogP contribution in [0.2, 0.25) is 0 Å². The first-order valence-electron chi connectivity index (χ1n) is 5.51. The highest BCUT2D eigenvalue weighted by Gasteiger charge is 2.35. The maximum atomic E-state index is 12.0. The number of aliphatic hydroxyl groups excluding tert-OH is 1. The molecule has 1 heterocycles. The fourth-order valence-electron chi connectivity index (χ4n) is 1.94. The van der Waals surface area contributed by atoms with Gasteiger partial charge in [0, 0.05) is 19.6 Å². The van der Waals surface area contributed by atoms with Crippen molar-refractivity contribution >= 4 is 12.0 Å². The second kappa shape index (κ2) is 5.69. The fraction of sp³-hybridized carbons (Fsp3) is 0.800. The molecule has 0 aromatic heterocycles. The minimum atomic E-state index is -0.953. The molecular formula is C10H18N2O4. The lowest BCUT2D eigenvalue weighted by atomic mass is 10.2. The second-order valence-electron chi connectivity index (χ2n) is 3.78. The number of likely N-dealkylation sites (N-methyl/N-ethyl adjacent to an activating group) is 1. The van der Waals surface area contributed by atoms with Crippen molar-refractivity contribution in [2.75, 3.05) is 26.2 Å². The number of hydrogen-bond acceptors (Lipinski definition) is 3. The zero-order chi connectivity index (χ0) is 12.1. The maximum absolute atomic E-state index is 12.0. The maximum Gasteiger partial charge on any atom is 0.326 e. The van der Waals surface area contributed by atoms with Crippen LogP contribution in [0.3, 0.4) is 0 Å². The predicted molar refractivity (Wildman–Crippen MR) is 57.1 cm³/mol. The average Bonchev–Trinajstić information content (AvgIpc) is 2.73. The van der Waals surface area contributed by atoms with E-state index < -0.39 is 12.0 Å². The lowest BCUT2D eigenvalue weighted by Gasteiger charge is -2.29. The highest BCUT2D eigenvalue weighted by Crippen LogP contribution is 2.19. The Kier molecular flexibility index (Phi) is 4.54. The summed E-state index contributed by atoms with van der Waals surface area (Å²) < 4.78 is 0. The summed E-state index contributed by atoms with van der Waals surface area (Å²) in [7, 11) is 0. The third-order valence-corrected chi connectivity index (χ3v) is 2.81.